The van der Waals surface area contributed by atoms with Gasteiger partial charge < -0.3 is 10.6 Å². The Labute approximate surface area is 157 Å². The molecule has 0 unspecified atom stereocenters. The second-order valence-electron chi connectivity index (χ2n) is 6.79. The number of fused-ring (bicyclic) bond motifs is 1. The van der Waals surface area contributed by atoms with Crippen molar-refractivity contribution in [3.05, 3.63) is 41.1 Å². The maximum atomic E-state index is 12.3. The van der Waals surface area contributed by atoms with Gasteiger partial charge in [0.25, 0.3) is 0 Å². The van der Waals surface area contributed by atoms with E-state index in [1.165, 1.54) is 4.68 Å². The molecule has 2 aromatic rings. The van der Waals surface area contributed by atoms with Gasteiger partial charge in [-0.25, -0.2) is 13.1 Å². The Balaban J connectivity index is 1.96. The van der Waals surface area contributed by atoms with Gasteiger partial charge in [0, 0.05) is 11.6 Å². The zero-order valence-electron chi connectivity index (χ0n) is 15.4. The first kappa shape index (κ1) is 19.1. The van der Waals surface area contributed by atoms with Gasteiger partial charge in [-0.3, -0.25) is 9.59 Å². The summed E-state index contributed by atoms with van der Waals surface area (Å²) in [5.41, 5.74) is 2.55. The van der Waals surface area contributed by atoms with Crippen LogP contribution < -0.4 is 10.6 Å². The molecule has 2 heterocycles. The van der Waals surface area contributed by atoms with E-state index < -0.39 is 21.7 Å². The van der Waals surface area contributed by atoms with E-state index in [-0.39, 0.29) is 23.4 Å². The molecule has 0 bridgehead atoms. The van der Waals surface area contributed by atoms with Crippen LogP contribution in [0.2, 0.25) is 0 Å². The first-order valence-corrected chi connectivity index (χ1v) is 10.5. The Kier molecular flexibility index (Phi) is 5.05. The van der Waals surface area contributed by atoms with Crippen LogP contribution in [0.5, 0.6) is 0 Å². The predicted molar refractivity (Wildman–Crippen MR) is 101 cm³/mol. The summed E-state index contributed by atoms with van der Waals surface area (Å²) in [4.78, 5) is 24.4. The standard InChI is InChI=1S/C18H22N4O4S/c1-4-12(3)19-17(23)18(24)20-16-14-9-27(25,26)10-15(14)21-22(16)13-7-5-11(2)6-8-13/h5-8,12H,4,9-10H2,1-3H3,(H,19,23)(H,20,24)/t12-/m1/s1. The van der Waals surface area contributed by atoms with Crippen LogP contribution >= 0.6 is 0 Å². The van der Waals surface area contributed by atoms with Gasteiger partial charge in [-0.2, -0.15) is 5.10 Å². The van der Waals surface area contributed by atoms with E-state index in [0.717, 1.165) is 5.56 Å². The first-order chi connectivity index (χ1) is 12.7. The Morgan fingerprint density at radius 2 is 1.85 bits per heavy atom. The second kappa shape index (κ2) is 7.15. The fraction of sp³-hybridized carbons (Fsp3) is 0.389. The number of hydrogen-bond acceptors (Lipinski definition) is 5. The lowest BCUT2D eigenvalue weighted by Gasteiger charge is -2.13. The summed E-state index contributed by atoms with van der Waals surface area (Å²) in [6.07, 6.45) is 0.688. The molecule has 1 aliphatic heterocycles. The number of rotatable bonds is 4. The zero-order chi connectivity index (χ0) is 19.8. The summed E-state index contributed by atoms with van der Waals surface area (Å²) in [7, 11) is -3.30. The third-order valence-electron chi connectivity index (χ3n) is 4.49. The topological polar surface area (TPSA) is 110 Å². The van der Waals surface area contributed by atoms with Crippen LogP contribution in [-0.4, -0.2) is 36.1 Å². The maximum absolute atomic E-state index is 12.3. The van der Waals surface area contributed by atoms with Crippen molar-refractivity contribution in [1.82, 2.24) is 15.1 Å². The van der Waals surface area contributed by atoms with Crippen LogP contribution in [-0.2, 0) is 30.9 Å². The van der Waals surface area contributed by atoms with Crippen LogP contribution in [0.1, 0.15) is 37.1 Å². The Morgan fingerprint density at radius 1 is 1.19 bits per heavy atom. The fourth-order valence-corrected chi connectivity index (χ4v) is 4.29. The molecule has 2 N–H and O–H groups in total. The molecule has 1 aromatic heterocycles. The summed E-state index contributed by atoms with van der Waals surface area (Å²) < 4.78 is 25.4. The number of amides is 2. The SMILES string of the molecule is CC[C@@H](C)NC(=O)C(=O)Nc1c2c(nn1-c1ccc(C)cc1)CS(=O)(=O)C2. The summed E-state index contributed by atoms with van der Waals surface area (Å²) in [5.74, 6) is -1.79. The monoisotopic (exact) mass is 390 g/mol. The van der Waals surface area contributed by atoms with Crippen molar-refractivity contribution >= 4 is 27.5 Å². The molecule has 3 rings (SSSR count). The molecule has 1 aliphatic rings. The van der Waals surface area contributed by atoms with Crippen molar-refractivity contribution in [1.29, 1.82) is 0 Å². The number of aromatic nitrogens is 2. The highest BCUT2D eigenvalue weighted by Crippen LogP contribution is 2.32. The number of anilines is 1. The highest BCUT2D eigenvalue weighted by atomic mass is 32.2. The molecule has 27 heavy (non-hydrogen) atoms. The molecule has 1 aromatic carbocycles. The van der Waals surface area contributed by atoms with Gasteiger partial charge >= 0.3 is 11.8 Å². The lowest BCUT2D eigenvalue weighted by Crippen LogP contribution is -2.40. The van der Waals surface area contributed by atoms with Gasteiger partial charge in [0.15, 0.2) is 9.84 Å². The summed E-state index contributed by atoms with van der Waals surface area (Å²) >= 11 is 0. The molecule has 0 saturated carbocycles. The molecule has 144 valence electrons. The molecule has 0 radical (unpaired) electrons. The molecule has 2 amide bonds. The maximum Gasteiger partial charge on any atom is 0.314 e. The molecule has 0 aliphatic carbocycles. The highest BCUT2D eigenvalue weighted by Gasteiger charge is 2.33. The van der Waals surface area contributed by atoms with E-state index in [1.54, 1.807) is 6.92 Å². The number of benzene rings is 1. The minimum absolute atomic E-state index is 0.142. The number of carbonyl (C=O) groups excluding carboxylic acids is 2. The molecule has 0 spiro atoms. The van der Waals surface area contributed by atoms with E-state index >= 15 is 0 Å². The van der Waals surface area contributed by atoms with E-state index in [0.29, 0.717) is 23.4 Å². The number of carbonyl (C=O) groups is 2. The van der Waals surface area contributed by atoms with Gasteiger partial charge in [-0.1, -0.05) is 24.6 Å². The van der Waals surface area contributed by atoms with E-state index in [9.17, 15) is 18.0 Å². The van der Waals surface area contributed by atoms with Crippen LogP contribution in [0.4, 0.5) is 5.82 Å². The number of sulfone groups is 1. The highest BCUT2D eigenvalue weighted by molar-refractivity contribution is 7.90. The van der Waals surface area contributed by atoms with Crippen LogP contribution in [0.15, 0.2) is 24.3 Å². The molecule has 8 nitrogen and oxygen atoms in total. The minimum atomic E-state index is -3.30. The summed E-state index contributed by atoms with van der Waals surface area (Å²) in [6.45, 7) is 5.64. The summed E-state index contributed by atoms with van der Waals surface area (Å²) in [6, 6.07) is 7.28. The van der Waals surface area contributed by atoms with Gasteiger partial charge in [-0.05, 0) is 32.4 Å². The van der Waals surface area contributed by atoms with Crippen LogP contribution in [0.3, 0.4) is 0 Å². The average molecular weight is 390 g/mol. The number of nitrogens with zero attached hydrogens (tertiary/aromatic N) is 2. The van der Waals surface area contributed by atoms with E-state index in [2.05, 4.69) is 15.7 Å². The van der Waals surface area contributed by atoms with Gasteiger partial charge in [0.2, 0.25) is 0 Å². The molecule has 1 atom stereocenters. The molecule has 0 saturated heterocycles. The van der Waals surface area contributed by atoms with Crippen molar-refractivity contribution in [2.45, 2.75) is 44.7 Å². The Morgan fingerprint density at radius 3 is 2.48 bits per heavy atom. The average Bonchev–Trinajstić information content (AvgIpc) is 3.08. The van der Waals surface area contributed by atoms with Crippen molar-refractivity contribution < 1.29 is 18.0 Å². The number of nitrogens with one attached hydrogen (secondary N) is 2. The van der Waals surface area contributed by atoms with Crippen molar-refractivity contribution in [2.24, 2.45) is 0 Å². The van der Waals surface area contributed by atoms with Gasteiger partial charge in [0.05, 0.1) is 22.9 Å². The molecular weight excluding hydrogens is 368 g/mol. The minimum Gasteiger partial charge on any atom is -0.345 e. The summed E-state index contributed by atoms with van der Waals surface area (Å²) in [5, 5.41) is 9.52. The van der Waals surface area contributed by atoms with Gasteiger partial charge in [0.1, 0.15) is 5.82 Å². The largest absolute Gasteiger partial charge is 0.345 e. The lowest BCUT2D eigenvalue weighted by molar-refractivity contribution is -0.136. The Hall–Kier alpha value is -2.68. The fourth-order valence-electron chi connectivity index (χ4n) is 2.80. The first-order valence-electron chi connectivity index (χ1n) is 8.70. The molecule has 0 fully saturated rings. The quantitative estimate of drug-likeness (QED) is 0.768. The Bertz CT molecular complexity index is 993. The van der Waals surface area contributed by atoms with E-state index in [1.807, 2.05) is 38.1 Å². The van der Waals surface area contributed by atoms with Crippen LogP contribution in [0, 0.1) is 6.92 Å². The number of aryl methyl sites for hydroxylation is 1. The van der Waals surface area contributed by atoms with Crippen LogP contribution in [0.25, 0.3) is 5.69 Å². The zero-order valence-corrected chi connectivity index (χ0v) is 16.3. The number of hydrogen-bond donors (Lipinski definition) is 2. The van der Waals surface area contributed by atoms with Crippen molar-refractivity contribution in [2.75, 3.05) is 5.32 Å². The normalized spacial score (nSPS) is 15.8. The second-order valence-corrected chi connectivity index (χ2v) is 8.85. The van der Waals surface area contributed by atoms with Crippen molar-refractivity contribution in [3.63, 3.8) is 0 Å². The molecule has 9 heteroatoms. The third kappa shape index (κ3) is 4.02. The van der Waals surface area contributed by atoms with Crippen molar-refractivity contribution in [3.8, 4) is 5.69 Å². The smallest absolute Gasteiger partial charge is 0.314 e. The third-order valence-corrected chi connectivity index (χ3v) is 5.94. The molecular formula is C18H22N4O4S. The lowest BCUT2D eigenvalue weighted by atomic mass is 10.2. The predicted octanol–water partition coefficient (Wildman–Crippen LogP) is 1.46. The van der Waals surface area contributed by atoms with E-state index in [4.69, 9.17) is 0 Å². The van der Waals surface area contributed by atoms with Gasteiger partial charge in [-0.15, -0.1) is 0 Å².